The summed E-state index contributed by atoms with van der Waals surface area (Å²) in [5.41, 5.74) is 7.85. The third-order valence-corrected chi connectivity index (χ3v) is 3.10. The zero-order chi connectivity index (χ0) is 14.7. The molecule has 0 unspecified atom stereocenters. The van der Waals surface area contributed by atoms with Crippen LogP contribution in [0.5, 0.6) is 0 Å². The van der Waals surface area contributed by atoms with Crippen LogP contribution in [0.25, 0.3) is 0 Å². The second-order valence-corrected chi connectivity index (χ2v) is 5.19. The van der Waals surface area contributed by atoms with Crippen molar-refractivity contribution in [2.45, 2.75) is 19.8 Å². The maximum absolute atomic E-state index is 12.2. The van der Waals surface area contributed by atoms with Crippen LogP contribution in [0.1, 0.15) is 35.7 Å². The first-order valence-corrected chi connectivity index (χ1v) is 6.68. The van der Waals surface area contributed by atoms with Crippen LogP contribution in [0.2, 0.25) is 5.15 Å². The Hall–Kier alpha value is -2.07. The minimum atomic E-state index is -0.255. The number of amides is 1. The van der Waals surface area contributed by atoms with Gasteiger partial charge in [0.2, 0.25) is 0 Å². The molecule has 0 fully saturated rings. The van der Waals surface area contributed by atoms with Crippen LogP contribution in [0, 0.1) is 0 Å². The standard InChI is InChI=1S/C15H16ClN3O/c1-9(2)11-5-3-4-6-12(11)18-15(20)10-7-13(16)19-14(17)8-10/h3-9H,1-2H3,(H2,17,19)(H,18,20). The molecule has 5 heteroatoms. The van der Waals surface area contributed by atoms with Crippen LogP contribution in [0.3, 0.4) is 0 Å². The normalized spacial score (nSPS) is 10.6. The minimum absolute atomic E-state index is 0.201. The van der Waals surface area contributed by atoms with Gasteiger partial charge in [-0.25, -0.2) is 4.98 Å². The van der Waals surface area contributed by atoms with E-state index in [2.05, 4.69) is 24.1 Å². The Morgan fingerprint density at radius 3 is 2.65 bits per heavy atom. The zero-order valence-electron chi connectivity index (χ0n) is 11.4. The van der Waals surface area contributed by atoms with Crippen molar-refractivity contribution in [3.05, 3.63) is 52.7 Å². The van der Waals surface area contributed by atoms with Crippen molar-refractivity contribution in [3.8, 4) is 0 Å². The first-order chi connectivity index (χ1) is 9.47. The van der Waals surface area contributed by atoms with E-state index in [1.165, 1.54) is 12.1 Å². The molecule has 0 aliphatic rings. The first-order valence-electron chi connectivity index (χ1n) is 6.30. The molecule has 104 valence electrons. The number of hydrogen-bond acceptors (Lipinski definition) is 3. The van der Waals surface area contributed by atoms with Crippen LogP contribution in [0.15, 0.2) is 36.4 Å². The number of rotatable bonds is 3. The predicted molar refractivity (Wildman–Crippen MR) is 82.1 cm³/mol. The molecule has 4 nitrogen and oxygen atoms in total. The van der Waals surface area contributed by atoms with Gasteiger partial charge in [-0.3, -0.25) is 4.79 Å². The summed E-state index contributed by atoms with van der Waals surface area (Å²) in [7, 11) is 0. The van der Waals surface area contributed by atoms with Crippen LogP contribution in [-0.2, 0) is 0 Å². The molecule has 20 heavy (non-hydrogen) atoms. The number of para-hydroxylation sites is 1. The van der Waals surface area contributed by atoms with Gasteiger partial charge >= 0.3 is 0 Å². The summed E-state index contributed by atoms with van der Waals surface area (Å²) < 4.78 is 0. The highest BCUT2D eigenvalue weighted by Crippen LogP contribution is 2.24. The number of aromatic nitrogens is 1. The van der Waals surface area contributed by atoms with Gasteiger partial charge in [-0.1, -0.05) is 43.6 Å². The van der Waals surface area contributed by atoms with Gasteiger partial charge in [0.25, 0.3) is 5.91 Å². The SMILES string of the molecule is CC(C)c1ccccc1NC(=O)c1cc(N)nc(Cl)c1. The average Bonchev–Trinajstić information content (AvgIpc) is 2.37. The number of halogens is 1. The van der Waals surface area contributed by atoms with E-state index >= 15 is 0 Å². The molecule has 0 aliphatic heterocycles. The number of benzene rings is 1. The molecule has 1 aromatic heterocycles. The molecule has 0 atom stereocenters. The summed E-state index contributed by atoms with van der Waals surface area (Å²) in [5.74, 6) is 0.284. The summed E-state index contributed by atoms with van der Waals surface area (Å²) in [4.78, 5) is 16.1. The Bertz CT molecular complexity index is 621. The fraction of sp³-hybridized carbons (Fsp3) is 0.200. The van der Waals surface area contributed by atoms with Crippen LogP contribution >= 0.6 is 11.6 Å². The maximum Gasteiger partial charge on any atom is 0.255 e. The topological polar surface area (TPSA) is 68.0 Å². The molecule has 2 rings (SSSR count). The first kappa shape index (κ1) is 14.3. The molecule has 1 aromatic carbocycles. The number of anilines is 2. The Kier molecular flexibility index (Phi) is 4.25. The Balaban J connectivity index is 2.28. The van der Waals surface area contributed by atoms with Crippen molar-refractivity contribution >= 4 is 29.0 Å². The van der Waals surface area contributed by atoms with Crippen molar-refractivity contribution < 1.29 is 4.79 Å². The van der Waals surface area contributed by atoms with Gasteiger partial charge in [-0.05, 0) is 29.7 Å². The van der Waals surface area contributed by atoms with E-state index in [4.69, 9.17) is 17.3 Å². The number of nitrogens with zero attached hydrogens (tertiary/aromatic N) is 1. The fourth-order valence-electron chi connectivity index (χ4n) is 1.96. The van der Waals surface area contributed by atoms with Gasteiger partial charge in [0.15, 0.2) is 0 Å². The molecule has 0 radical (unpaired) electrons. The molecule has 0 saturated carbocycles. The summed E-state index contributed by atoms with van der Waals surface area (Å²) in [6, 6.07) is 10.7. The highest BCUT2D eigenvalue weighted by atomic mass is 35.5. The minimum Gasteiger partial charge on any atom is -0.384 e. The Labute approximate surface area is 123 Å². The van der Waals surface area contributed by atoms with Crippen molar-refractivity contribution in [1.82, 2.24) is 4.98 Å². The quantitative estimate of drug-likeness (QED) is 0.847. The van der Waals surface area contributed by atoms with Crippen molar-refractivity contribution in [1.29, 1.82) is 0 Å². The lowest BCUT2D eigenvalue weighted by atomic mass is 10.0. The van der Waals surface area contributed by atoms with E-state index < -0.39 is 0 Å². The van der Waals surface area contributed by atoms with Gasteiger partial charge < -0.3 is 11.1 Å². The van der Waals surface area contributed by atoms with Crippen LogP contribution in [-0.4, -0.2) is 10.9 Å². The predicted octanol–water partition coefficient (Wildman–Crippen LogP) is 3.69. The van der Waals surface area contributed by atoms with Crippen molar-refractivity contribution in [2.24, 2.45) is 0 Å². The van der Waals surface area contributed by atoms with E-state index in [0.29, 0.717) is 11.5 Å². The van der Waals surface area contributed by atoms with Crippen LogP contribution in [0.4, 0.5) is 11.5 Å². The number of nitrogens with one attached hydrogen (secondary N) is 1. The Morgan fingerprint density at radius 2 is 2.00 bits per heavy atom. The lowest BCUT2D eigenvalue weighted by Gasteiger charge is -2.13. The second-order valence-electron chi connectivity index (χ2n) is 4.80. The third-order valence-electron chi connectivity index (χ3n) is 2.91. The molecular weight excluding hydrogens is 274 g/mol. The third kappa shape index (κ3) is 3.27. The monoisotopic (exact) mass is 289 g/mol. The molecule has 0 spiro atoms. The number of carbonyl (C=O) groups is 1. The number of pyridine rings is 1. The summed E-state index contributed by atoms with van der Waals surface area (Å²) >= 11 is 5.81. The highest BCUT2D eigenvalue weighted by Gasteiger charge is 2.12. The van der Waals surface area contributed by atoms with E-state index in [0.717, 1.165) is 11.3 Å². The van der Waals surface area contributed by atoms with Crippen molar-refractivity contribution in [3.63, 3.8) is 0 Å². The summed E-state index contributed by atoms with van der Waals surface area (Å²) in [5, 5.41) is 3.08. The number of nitrogens with two attached hydrogens (primary N) is 1. The maximum atomic E-state index is 12.2. The smallest absolute Gasteiger partial charge is 0.255 e. The zero-order valence-corrected chi connectivity index (χ0v) is 12.1. The number of hydrogen-bond donors (Lipinski definition) is 2. The Morgan fingerprint density at radius 1 is 1.30 bits per heavy atom. The fourth-order valence-corrected chi connectivity index (χ4v) is 2.17. The van der Waals surface area contributed by atoms with E-state index in [-0.39, 0.29) is 16.9 Å². The van der Waals surface area contributed by atoms with Gasteiger partial charge in [-0.2, -0.15) is 0 Å². The van der Waals surface area contributed by atoms with Crippen LogP contribution < -0.4 is 11.1 Å². The molecule has 1 amide bonds. The summed E-state index contributed by atoms with van der Waals surface area (Å²) in [6.45, 7) is 4.15. The van der Waals surface area contributed by atoms with Gasteiger partial charge in [-0.15, -0.1) is 0 Å². The lowest BCUT2D eigenvalue weighted by Crippen LogP contribution is -2.14. The van der Waals surface area contributed by atoms with Gasteiger partial charge in [0.1, 0.15) is 11.0 Å². The molecule has 0 aliphatic carbocycles. The second kappa shape index (κ2) is 5.92. The highest BCUT2D eigenvalue weighted by molar-refractivity contribution is 6.30. The number of nitrogen functional groups attached to an aromatic ring is 1. The summed E-state index contributed by atoms with van der Waals surface area (Å²) in [6.07, 6.45) is 0. The van der Waals surface area contributed by atoms with Gasteiger partial charge in [0.05, 0.1) is 0 Å². The van der Waals surface area contributed by atoms with Gasteiger partial charge in [0, 0.05) is 11.3 Å². The average molecular weight is 290 g/mol. The molecule has 2 aromatic rings. The molecule has 3 N–H and O–H groups in total. The van der Waals surface area contributed by atoms with E-state index in [1.807, 2.05) is 24.3 Å². The van der Waals surface area contributed by atoms with E-state index in [9.17, 15) is 4.79 Å². The molecule has 0 saturated heterocycles. The lowest BCUT2D eigenvalue weighted by molar-refractivity contribution is 0.102. The molecule has 1 heterocycles. The largest absolute Gasteiger partial charge is 0.384 e. The molecule has 0 bridgehead atoms. The number of carbonyl (C=O) groups excluding carboxylic acids is 1. The van der Waals surface area contributed by atoms with Crippen molar-refractivity contribution in [2.75, 3.05) is 11.1 Å². The van der Waals surface area contributed by atoms with E-state index in [1.54, 1.807) is 0 Å². The molecular formula is C15H16ClN3O.